The number of fused-ring (bicyclic) bond motifs is 2. The zero-order valence-electron chi connectivity index (χ0n) is 19.6. The standard InChI is InChI=1S/C27H28N6OS/c1-2-7-20(8-3-1)21-18-35-27-25(21)26(30-24(31-27)17-32-13-15-34-16-14-32)28-11-6-12-33-19-29-22-9-4-5-10-23(22)33/h1-5,7-10,18-19H,6,11-17H2,(H,28,30,31). The fourth-order valence-corrected chi connectivity index (χ4v) is 5.58. The summed E-state index contributed by atoms with van der Waals surface area (Å²) >= 11 is 1.69. The van der Waals surface area contributed by atoms with E-state index >= 15 is 0 Å². The molecule has 4 heterocycles. The van der Waals surface area contributed by atoms with E-state index in [0.29, 0.717) is 0 Å². The number of nitrogens with one attached hydrogen (secondary N) is 1. The number of para-hydroxylation sites is 2. The number of morpholine rings is 1. The van der Waals surface area contributed by atoms with Crippen LogP contribution in [0.4, 0.5) is 5.82 Å². The zero-order chi connectivity index (χ0) is 23.5. The van der Waals surface area contributed by atoms with E-state index in [4.69, 9.17) is 14.7 Å². The van der Waals surface area contributed by atoms with E-state index in [1.807, 2.05) is 18.5 Å². The molecule has 35 heavy (non-hydrogen) atoms. The lowest BCUT2D eigenvalue weighted by atomic mass is 10.1. The van der Waals surface area contributed by atoms with Crippen LogP contribution in [0.15, 0.2) is 66.3 Å². The maximum atomic E-state index is 5.51. The molecule has 1 aliphatic rings. The monoisotopic (exact) mass is 484 g/mol. The minimum absolute atomic E-state index is 0.744. The number of aryl methyl sites for hydroxylation is 1. The number of aromatic nitrogens is 4. The highest BCUT2D eigenvalue weighted by Crippen LogP contribution is 2.37. The molecule has 0 bridgehead atoms. The van der Waals surface area contributed by atoms with Gasteiger partial charge in [0.1, 0.15) is 16.5 Å². The summed E-state index contributed by atoms with van der Waals surface area (Å²) in [6.07, 6.45) is 2.90. The first-order chi connectivity index (χ1) is 17.3. The Morgan fingerprint density at radius 1 is 0.971 bits per heavy atom. The molecule has 8 heteroatoms. The van der Waals surface area contributed by atoms with Gasteiger partial charge in [-0.1, -0.05) is 42.5 Å². The van der Waals surface area contributed by atoms with Gasteiger partial charge in [0.15, 0.2) is 0 Å². The van der Waals surface area contributed by atoms with Crippen LogP contribution in [0, 0.1) is 0 Å². The molecule has 178 valence electrons. The van der Waals surface area contributed by atoms with E-state index in [1.54, 1.807) is 11.3 Å². The third kappa shape index (κ3) is 4.77. The van der Waals surface area contributed by atoms with Crippen molar-refractivity contribution in [2.24, 2.45) is 0 Å². The molecule has 0 saturated carbocycles. The lowest BCUT2D eigenvalue weighted by Crippen LogP contribution is -2.36. The molecular formula is C27H28N6OS. The van der Waals surface area contributed by atoms with Crippen LogP contribution in [-0.2, 0) is 17.8 Å². The topological polar surface area (TPSA) is 68.1 Å². The minimum Gasteiger partial charge on any atom is -0.379 e. The number of anilines is 1. The first-order valence-electron chi connectivity index (χ1n) is 12.1. The molecule has 0 aliphatic carbocycles. The predicted molar refractivity (Wildman–Crippen MR) is 142 cm³/mol. The Morgan fingerprint density at radius 2 is 1.80 bits per heavy atom. The molecule has 6 rings (SSSR count). The quantitative estimate of drug-likeness (QED) is 0.311. The van der Waals surface area contributed by atoms with Crippen molar-refractivity contribution in [3.05, 3.63) is 72.1 Å². The van der Waals surface area contributed by atoms with Crippen molar-refractivity contribution < 1.29 is 4.74 Å². The first kappa shape index (κ1) is 22.2. The number of hydrogen-bond acceptors (Lipinski definition) is 7. The summed E-state index contributed by atoms with van der Waals surface area (Å²) in [6.45, 7) is 5.84. The number of nitrogens with zero attached hydrogens (tertiary/aromatic N) is 5. The highest BCUT2D eigenvalue weighted by atomic mass is 32.1. The Hall–Kier alpha value is -3.33. The number of ether oxygens (including phenoxy) is 1. The van der Waals surface area contributed by atoms with Crippen molar-refractivity contribution in [1.29, 1.82) is 0 Å². The Morgan fingerprint density at radius 3 is 2.69 bits per heavy atom. The average Bonchev–Trinajstić information content (AvgIpc) is 3.52. The van der Waals surface area contributed by atoms with Gasteiger partial charge >= 0.3 is 0 Å². The molecular weight excluding hydrogens is 456 g/mol. The summed E-state index contributed by atoms with van der Waals surface area (Å²) in [5.41, 5.74) is 4.59. The molecule has 0 amide bonds. The zero-order valence-corrected chi connectivity index (χ0v) is 20.4. The summed E-state index contributed by atoms with van der Waals surface area (Å²) in [6, 6.07) is 18.8. The second-order valence-electron chi connectivity index (χ2n) is 8.78. The van der Waals surface area contributed by atoms with Gasteiger partial charge < -0.3 is 14.6 Å². The van der Waals surface area contributed by atoms with Crippen molar-refractivity contribution in [3.63, 3.8) is 0 Å². The molecule has 0 radical (unpaired) electrons. The van der Waals surface area contributed by atoms with Gasteiger partial charge in [0, 0.05) is 37.1 Å². The average molecular weight is 485 g/mol. The predicted octanol–water partition coefficient (Wildman–Crippen LogP) is 5.04. The van der Waals surface area contributed by atoms with E-state index in [2.05, 4.69) is 67.6 Å². The second-order valence-corrected chi connectivity index (χ2v) is 9.64. The molecule has 5 aromatic rings. The molecule has 0 spiro atoms. The van der Waals surface area contributed by atoms with E-state index < -0.39 is 0 Å². The Kier molecular flexibility index (Phi) is 6.40. The lowest BCUT2D eigenvalue weighted by molar-refractivity contribution is 0.0331. The fourth-order valence-electron chi connectivity index (χ4n) is 4.62. The summed E-state index contributed by atoms with van der Waals surface area (Å²) in [5, 5.41) is 6.97. The summed E-state index contributed by atoms with van der Waals surface area (Å²) in [4.78, 5) is 17.9. The van der Waals surface area contributed by atoms with Gasteiger partial charge in [-0.25, -0.2) is 15.0 Å². The van der Waals surface area contributed by atoms with Crippen LogP contribution in [-0.4, -0.2) is 57.3 Å². The van der Waals surface area contributed by atoms with Gasteiger partial charge in [0.25, 0.3) is 0 Å². The molecule has 1 fully saturated rings. The second kappa shape index (κ2) is 10.1. The van der Waals surface area contributed by atoms with E-state index in [9.17, 15) is 0 Å². The van der Waals surface area contributed by atoms with Crippen molar-refractivity contribution in [2.45, 2.75) is 19.5 Å². The molecule has 1 N–H and O–H groups in total. The van der Waals surface area contributed by atoms with Crippen LogP contribution in [0.1, 0.15) is 12.2 Å². The highest BCUT2D eigenvalue weighted by molar-refractivity contribution is 7.17. The van der Waals surface area contributed by atoms with E-state index in [-0.39, 0.29) is 0 Å². The van der Waals surface area contributed by atoms with Gasteiger partial charge in [-0.15, -0.1) is 11.3 Å². The van der Waals surface area contributed by atoms with E-state index in [1.165, 1.54) is 16.6 Å². The third-order valence-electron chi connectivity index (χ3n) is 6.43. The molecule has 1 aliphatic heterocycles. The van der Waals surface area contributed by atoms with Gasteiger partial charge in [0.2, 0.25) is 0 Å². The molecule has 3 aromatic heterocycles. The Bertz CT molecular complexity index is 1420. The fraction of sp³-hybridized carbons (Fsp3) is 0.296. The highest BCUT2D eigenvalue weighted by Gasteiger charge is 2.18. The van der Waals surface area contributed by atoms with Crippen LogP contribution < -0.4 is 5.32 Å². The van der Waals surface area contributed by atoms with Crippen molar-refractivity contribution in [1.82, 2.24) is 24.4 Å². The number of rotatable bonds is 8. The third-order valence-corrected chi connectivity index (χ3v) is 7.30. The molecule has 7 nitrogen and oxygen atoms in total. The smallest absolute Gasteiger partial charge is 0.146 e. The normalized spacial score (nSPS) is 14.6. The van der Waals surface area contributed by atoms with E-state index in [0.717, 1.165) is 79.7 Å². The van der Waals surface area contributed by atoms with Crippen LogP contribution in [0.5, 0.6) is 0 Å². The van der Waals surface area contributed by atoms with Crippen molar-refractivity contribution >= 4 is 38.4 Å². The largest absolute Gasteiger partial charge is 0.379 e. The number of benzene rings is 2. The molecule has 0 atom stereocenters. The Balaban J connectivity index is 1.25. The SMILES string of the molecule is c1ccc(-c2csc3nc(CN4CCOCC4)nc(NCCCn4cnc5ccccc54)c23)cc1. The number of imidazole rings is 1. The van der Waals surface area contributed by atoms with Gasteiger partial charge in [0.05, 0.1) is 42.5 Å². The summed E-state index contributed by atoms with van der Waals surface area (Å²) in [5.74, 6) is 1.79. The van der Waals surface area contributed by atoms with Crippen LogP contribution in [0.2, 0.25) is 0 Å². The Labute approximate surface area is 208 Å². The summed E-state index contributed by atoms with van der Waals surface area (Å²) < 4.78 is 7.73. The maximum absolute atomic E-state index is 5.51. The van der Waals surface area contributed by atoms with Gasteiger partial charge in [-0.3, -0.25) is 4.90 Å². The number of thiophene rings is 1. The minimum atomic E-state index is 0.744. The van der Waals surface area contributed by atoms with Gasteiger partial charge in [-0.05, 0) is 24.1 Å². The maximum Gasteiger partial charge on any atom is 0.146 e. The lowest BCUT2D eigenvalue weighted by Gasteiger charge is -2.25. The van der Waals surface area contributed by atoms with Crippen LogP contribution in [0.25, 0.3) is 32.4 Å². The number of hydrogen-bond donors (Lipinski definition) is 1. The molecule has 0 unspecified atom stereocenters. The molecule has 2 aromatic carbocycles. The van der Waals surface area contributed by atoms with Gasteiger partial charge in [-0.2, -0.15) is 0 Å². The molecule has 1 saturated heterocycles. The summed E-state index contributed by atoms with van der Waals surface area (Å²) in [7, 11) is 0. The van der Waals surface area contributed by atoms with Crippen molar-refractivity contribution in [2.75, 3.05) is 38.2 Å². The van der Waals surface area contributed by atoms with Crippen LogP contribution >= 0.6 is 11.3 Å². The van der Waals surface area contributed by atoms with Crippen LogP contribution in [0.3, 0.4) is 0 Å². The van der Waals surface area contributed by atoms with Crippen molar-refractivity contribution in [3.8, 4) is 11.1 Å². The first-order valence-corrected chi connectivity index (χ1v) is 13.0.